The zero-order valence-corrected chi connectivity index (χ0v) is 13.0. The van der Waals surface area contributed by atoms with Gasteiger partial charge in [-0.2, -0.15) is 4.98 Å². The summed E-state index contributed by atoms with van der Waals surface area (Å²) in [5.41, 5.74) is -0.196. The number of oxazole rings is 1. The molecule has 0 aromatic carbocycles. The molecule has 1 unspecified atom stereocenters. The largest absolute Gasteiger partial charge is 0.418 e. The topological polar surface area (TPSA) is 26.0 Å². The summed E-state index contributed by atoms with van der Waals surface area (Å²) in [6, 6.07) is 0. The van der Waals surface area contributed by atoms with Gasteiger partial charge in [0.25, 0.3) is 0 Å². The molecule has 0 fully saturated rings. The van der Waals surface area contributed by atoms with Gasteiger partial charge in [0.1, 0.15) is 0 Å². The smallest absolute Gasteiger partial charge is 0.383 e. The number of rotatable bonds is 9. The predicted molar refractivity (Wildman–Crippen MR) is 77.1 cm³/mol. The molecule has 0 radical (unpaired) electrons. The Hall–Kier alpha value is -0.570. The van der Waals surface area contributed by atoms with Gasteiger partial charge >= 0.3 is 6.14 Å². The first-order valence-electron chi connectivity index (χ1n) is 7.35. The summed E-state index contributed by atoms with van der Waals surface area (Å²) in [6.45, 7) is 6.46. The van der Waals surface area contributed by atoms with E-state index in [2.05, 4.69) is 25.8 Å². The second-order valence-electron chi connectivity index (χ2n) is 5.56. The second-order valence-corrected chi connectivity index (χ2v) is 5.92. The Morgan fingerprint density at radius 3 is 2.26 bits per heavy atom. The molecular weight excluding hydrogens is 265 g/mol. The van der Waals surface area contributed by atoms with Crippen LogP contribution >= 0.6 is 11.6 Å². The van der Waals surface area contributed by atoms with Crippen molar-refractivity contribution in [1.82, 2.24) is 4.98 Å². The molecule has 110 valence electrons. The minimum atomic E-state index is -0.823. The maximum atomic E-state index is 13.1. The van der Waals surface area contributed by atoms with E-state index in [1.54, 1.807) is 0 Å². The predicted octanol–water partition coefficient (Wildman–Crippen LogP) is 5.89. The van der Waals surface area contributed by atoms with E-state index in [1.165, 1.54) is 19.3 Å². The van der Waals surface area contributed by atoms with Crippen molar-refractivity contribution in [3.63, 3.8) is 0 Å². The van der Waals surface area contributed by atoms with Crippen LogP contribution in [0.4, 0.5) is 4.39 Å². The van der Waals surface area contributed by atoms with Crippen molar-refractivity contribution >= 4 is 11.6 Å². The van der Waals surface area contributed by atoms with Crippen LogP contribution in [-0.4, -0.2) is 4.98 Å². The average molecular weight is 290 g/mol. The number of unbranched alkanes of at least 4 members (excludes halogenated alkanes) is 4. The Kier molecular flexibility index (Phi) is 6.84. The maximum absolute atomic E-state index is 13.1. The Bertz CT molecular complexity index is 380. The molecule has 19 heavy (non-hydrogen) atoms. The van der Waals surface area contributed by atoms with E-state index in [4.69, 9.17) is 16.0 Å². The summed E-state index contributed by atoms with van der Waals surface area (Å²) in [4.78, 5) is 3.56. The zero-order valence-electron chi connectivity index (χ0n) is 12.3. The molecule has 1 atom stereocenters. The zero-order chi connectivity index (χ0) is 14.3. The van der Waals surface area contributed by atoms with E-state index in [-0.39, 0.29) is 10.6 Å². The molecule has 0 saturated carbocycles. The van der Waals surface area contributed by atoms with Crippen molar-refractivity contribution in [2.24, 2.45) is 0 Å². The lowest BCUT2D eigenvalue weighted by atomic mass is 9.78. The number of hydrogen-bond acceptors (Lipinski definition) is 2. The first-order chi connectivity index (χ1) is 9.03. The van der Waals surface area contributed by atoms with Crippen LogP contribution < -0.4 is 0 Å². The summed E-state index contributed by atoms with van der Waals surface area (Å²) in [5.74, 6) is 0.525. The van der Waals surface area contributed by atoms with Crippen molar-refractivity contribution in [3.05, 3.63) is 17.1 Å². The van der Waals surface area contributed by atoms with E-state index >= 15 is 0 Å². The molecule has 0 aliphatic rings. The molecule has 0 saturated heterocycles. The monoisotopic (exact) mass is 289 g/mol. The van der Waals surface area contributed by atoms with Crippen LogP contribution in [0.1, 0.15) is 77.9 Å². The van der Waals surface area contributed by atoms with E-state index in [1.807, 2.05) is 0 Å². The molecule has 0 aliphatic carbocycles. The highest BCUT2D eigenvalue weighted by Crippen LogP contribution is 2.39. The Labute approximate surface area is 120 Å². The van der Waals surface area contributed by atoms with Gasteiger partial charge in [0.05, 0.1) is 0 Å². The molecule has 0 amide bonds. The first-order valence-corrected chi connectivity index (χ1v) is 7.73. The van der Waals surface area contributed by atoms with Crippen molar-refractivity contribution < 1.29 is 8.81 Å². The van der Waals surface area contributed by atoms with Crippen LogP contribution in [0.3, 0.4) is 0 Å². The highest BCUT2D eigenvalue weighted by molar-refractivity contribution is 6.30. The van der Waals surface area contributed by atoms with Crippen molar-refractivity contribution in [1.29, 1.82) is 0 Å². The first kappa shape index (κ1) is 16.5. The third-order valence-corrected chi connectivity index (χ3v) is 4.03. The molecule has 4 heteroatoms. The quantitative estimate of drug-likeness (QED) is 0.530. The van der Waals surface area contributed by atoms with Crippen LogP contribution in [0.25, 0.3) is 0 Å². The van der Waals surface area contributed by atoms with Gasteiger partial charge in [-0.15, -0.1) is 4.39 Å². The average Bonchev–Trinajstić information content (AvgIpc) is 2.72. The van der Waals surface area contributed by atoms with Gasteiger partial charge in [0.2, 0.25) is 0 Å². The molecular formula is C15H25ClFNO. The third-order valence-electron chi connectivity index (χ3n) is 3.77. The molecule has 1 aromatic rings. The fraction of sp³-hybridized carbons (Fsp3) is 0.800. The van der Waals surface area contributed by atoms with Crippen LogP contribution in [0.2, 0.25) is 5.15 Å². The molecule has 1 rings (SSSR count). The SMILES string of the molecule is CCCCCCC(C)(CCCC)c1oc(F)nc1Cl. The summed E-state index contributed by atoms with van der Waals surface area (Å²) in [5, 5.41) is 0.187. The number of nitrogens with zero attached hydrogens (tertiary/aromatic N) is 1. The minimum absolute atomic E-state index is 0.187. The van der Waals surface area contributed by atoms with Gasteiger partial charge in [-0.05, 0) is 12.8 Å². The lowest BCUT2D eigenvalue weighted by Crippen LogP contribution is -2.22. The van der Waals surface area contributed by atoms with E-state index in [9.17, 15) is 4.39 Å². The molecule has 2 nitrogen and oxygen atoms in total. The van der Waals surface area contributed by atoms with Gasteiger partial charge < -0.3 is 4.42 Å². The van der Waals surface area contributed by atoms with E-state index in [0.717, 1.165) is 32.1 Å². The van der Waals surface area contributed by atoms with Crippen LogP contribution in [0.15, 0.2) is 4.42 Å². The van der Waals surface area contributed by atoms with Gasteiger partial charge in [0.15, 0.2) is 10.9 Å². The minimum Gasteiger partial charge on any atom is -0.418 e. The van der Waals surface area contributed by atoms with Crippen LogP contribution in [0, 0.1) is 6.14 Å². The third kappa shape index (κ3) is 4.79. The molecule has 0 bridgehead atoms. The van der Waals surface area contributed by atoms with Gasteiger partial charge in [-0.3, -0.25) is 0 Å². The van der Waals surface area contributed by atoms with Crippen molar-refractivity contribution in [3.8, 4) is 0 Å². The molecule has 0 spiro atoms. The summed E-state index contributed by atoms with van der Waals surface area (Å²) in [7, 11) is 0. The molecule has 1 heterocycles. The normalized spacial score (nSPS) is 14.6. The Morgan fingerprint density at radius 1 is 1.11 bits per heavy atom. The fourth-order valence-electron chi connectivity index (χ4n) is 2.51. The lowest BCUT2D eigenvalue weighted by molar-refractivity contribution is 0.250. The summed E-state index contributed by atoms with van der Waals surface area (Å²) in [6.07, 6.45) is 8.08. The number of halogens is 2. The lowest BCUT2D eigenvalue weighted by Gasteiger charge is -2.27. The molecule has 0 N–H and O–H groups in total. The summed E-state index contributed by atoms with van der Waals surface area (Å²) < 4.78 is 18.2. The van der Waals surface area contributed by atoms with Gasteiger partial charge in [-0.25, -0.2) is 0 Å². The highest BCUT2D eigenvalue weighted by Gasteiger charge is 2.33. The van der Waals surface area contributed by atoms with Crippen LogP contribution in [0.5, 0.6) is 0 Å². The Morgan fingerprint density at radius 2 is 1.74 bits per heavy atom. The van der Waals surface area contributed by atoms with E-state index < -0.39 is 6.14 Å². The number of hydrogen-bond donors (Lipinski definition) is 0. The number of aromatic nitrogens is 1. The van der Waals surface area contributed by atoms with Crippen LogP contribution in [-0.2, 0) is 5.41 Å². The highest BCUT2D eigenvalue weighted by atomic mass is 35.5. The van der Waals surface area contributed by atoms with Gasteiger partial charge in [-0.1, -0.05) is 70.9 Å². The second kappa shape index (κ2) is 7.88. The molecule has 0 aliphatic heterocycles. The standard InChI is InChI=1S/C15H25ClFNO/c1-4-6-8-9-11-15(3,10-7-5-2)12-13(16)18-14(17)19-12/h4-11H2,1-3H3. The van der Waals surface area contributed by atoms with Crippen molar-refractivity contribution in [2.75, 3.05) is 0 Å². The Balaban J connectivity index is 2.76. The van der Waals surface area contributed by atoms with Gasteiger partial charge in [0, 0.05) is 5.41 Å². The maximum Gasteiger partial charge on any atom is 0.383 e. The summed E-state index contributed by atoms with van der Waals surface area (Å²) >= 11 is 6.00. The fourth-order valence-corrected chi connectivity index (χ4v) is 2.84. The van der Waals surface area contributed by atoms with E-state index in [0.29, 0.717) is 5.76 Å². The van der Waals surface area contributed by atoms with Crippen molar-refractivity contribution in [2.45, 2.75) is 77.6 Å². The molecule has 1 aromatic heterocycles.